The van der Waals surface area contributed by atoms with Gasteiger partial charge in [-0.25, -0.2) is 19.4 Å². The molecule has 0 N–H and O–H groups in total. The summed E-state index contributed by atoms with van der Waals surface area (Å²) in [5.41, 5.74) is 4.73. The van der Waals surface area contributed by atoms with Gasteiger partial charge in [0.25, 0.3) is 0 Å². The van der Waals surface area contributed by atoms with Gasteiger partial charge in [0.2, 0.25) is 5.70 Å². The number of aryl methyl sites for hydroxylation is 1. The van der Waals surface area contributed by atoms with E-state index in [2.05, 4.69) is 36.3 Å². The van der Waals surface area contributed by atoms with Crippen molar-refractivity contribution in [2.75, 3.05) is 0 Å². The average Bonchev–Trinajstić information content (AvgIpc) is 3.74. The highest BCUT2D eigenvalue weighted by molar-refractivity contribution is 6.33. The molecule has 7 rings (SSSR count). The summed E-state index contributed by atoms with van der Waals surface area (Å²) < 4.78 is 43.6. The molecule has 0 atom stereocenters. The van der Waals surface area contributed by atoms with Crippen LogP contribution in [-0.2, 0) is 0 Å². The Labute approximate surface area is 341 Å². The first-order valence-corrected chi connectivity index (χ1v) is 17.4. The Bertz CT molecular complexity index is 3170. The molecule has 5 aromatic rings. The quantitative estimate of drug-likeness (QED) is 0.130. The van der Waals surface area contributed by atoms with Crippen LogP contribution in [-0.4, -0.2) is 6.36 Å². The van der Waals surface area contributed by atoms with Crippen molar-refractivity contribution in [3.63, 3.8) is 0 Å². The highest BCUT2D eigenvalue weighted by Gasteiger charge is 2.38. The zero-order chi connectivity index (χ0) is 42.9. The predicted octanol–water partition coefficient (Wildman–Crippen LogP) is 12.2. The SMILES string of the molecule is [C-]#[N+]C1=C(c2ccc(C)cc2)/C(=C(\[N+]#[C-])c2cc(C#N)cc([N+]#[C-])c2)c2cc3c(cc21)/C(=C(/C#N)c1cc(C#N)cc([N+]#[C-])c1)C(c1ccc(OC(F)(F)F)cc1)=C3C#N. The second-order valence-corrected chi connectivity index (χ2v) is 13.3. The second-order valence-electron chi connectivity index (χ2n) is 13.3. The van der Waals surface area contributed by atoms with E-state index >= 15 is 0 Å². The zero-order valence-electron chi connectivity index (χ0n) is 30.9. The number of halogens is 3. The molecular weight excluding hydrogens is 762 g/mol. The molecule has 0 amide bonds. The first-order valence-electron chi connectivity index (χ1n) is 17.4. The van der Waals surface area contributed by atoms with Crippen LogP contribution in [0.25, 0.3) is 64.2 Å². The van der Waals surface area contributed by atoms with Gasteiger partial charge in [0, 0.05) is 27.8 Å². The molecule has 0 saturated carbocycles. The number of hydrogen-bond donors (Lipinski definition) is 0. The van der Waals surface area contributed by atoms with Crippen molar-refractivity contribution in [1.82, 2.24) is 0 Å². The van der Waals surface area contributed by atoms with Crippen LogP contribution in [0.1, 0.15) is 61.2 Å². The van der Waals surface area contributed by atoms with Gasteiger partial charge in [0.05, 0.1) is 49.6 Å². The van der Waals surface area contributed by atoms with Gasteiger partial charge in [0.1, 0.15) is 17.9 Å². The molecule has 2 aliphatic carbocycles. The molecule has 0 radical (unpaired) electrons. The molecule has 60 heavy (non-hydrogen) atoms. The van der Waals surface area contributed by atoms with E-state index in [1.807, 2.05) is 31.2 Å². The summed E-state index contributed by atoms with van der Waals surface area (Å²) in [6, 6.07) is 32.2. The van der Waals surface area contributed by atoms with E-state index < -0.39 is 12.1 Å². The second kappa shape index (κ2) is 15.2. The number of alkyl halides is 3. The molecule has 5 aromatic carbocycles. The van der Waals surface area contributed by atoms with Crippen molar-refractivity contribution in [3.8, 4) is 30.0 Å². The number of benzene rings is 5. The van der Waals surface area contributed by atoms with Crippen molar-refractivity contribution < 1.29 is 17.9 Å². The van der Waals surface area contributed by atoms with Crippen LogP contribution < -0.4 is 4.74 Å². The number of nitriles is 4. The van der Waals surface area contributed by atoms with Crippen LogP contribution in [0.4, 0.5) is 24.5 Å². The van der Waals surface area contributed by atoms with E-state index in [9.17, 15) is 34.2 Å². The van der Waals surface area contributed by atoms with Gasteiger partial charge in [0.15, 0.2) is 17.1 Å². The molecule has 0 bridgehead atoms. The van der Waals surface area contributed by atoms with Gasteiger partial charge in [-0.1, -0.05) is 60.2 Å². The van der Waals surface area contributed by atoms with Gasteiger partial charge in [-0.3, -0.25) is 0 Å². The standard InChI is InChI=1S/C48H19F3N8O/c1-26-6-8-30(9-7-26)43-45(46(58-4)32-15-28(23-53)17-34(19-32)57-3)38-20-36-37(21-39(38)47(43)59-5)44(40(24-54)31-14-27(22-52)16-33(18-31)56-2)42(41(36)25-55)29-10-12-35(13-11-29)60-48(49,50)51/h6-21H,1H3/b44-40+,46-45-. The number of allylic oxidation sites excluding steroid dienone is 6. The van der Waals surface area contributed by atoms with Crippen LogP contribution in [0.5, 0.6) is 5.75 Å². The fourth-order valence-electron chi connectivity index (χ4n) is 7.34. The number of ether oxygens (including phenoxy) is 1. The summed E-state index contributed by atoms with van der Waals surface area (Å²) in [4.78, 5) is 14.8. The van der Waals surface area contributed by atoms with Gasteiger partial charge < -0.3 is 4.74 Å². The Morgan fingerprint density at radius 2 is 1.15 bits per heavy atom. The largest absolute Gasteiger partial charge is 0.573 e. The molecule has 0 spiro atoms. The normalized spacial score (nSPS) is 14.1. The van der Waals surface area contributed by atoms with E-state index in [4.69, 9.17) is 26.3 Å². The first-order chi connectivity index (χ1) is 28.9. The number of fused-ring (bicyclic) bond motifs is 2. The molecule has 0 aliphatic heterocycles. The van der Waals surface area contributed by atoms with Crippen molar-refractivity contribution in [2.24, 2.45) is 0 Å². The summed E-state index contributed by atoms with van der Waals surface area (Å²) in [6.07, 6.45) is -4.98. The van der Waals surface area contributed by atoms with Gasteiger partial charge >= 0.3 is 6.36 Å². The Kier molecular flexibility index (Phi) is 9.87. The van der Waals surface area contributed by atoms with E-state index in [-0.39, 0.29) is 89.6 Å². The molecule has 0 aromatic heterocycles. The number of rotatable bonds is 5. The summed E-state index contributed by atoms with van der Waals surface area (Å²) in [5, 5.41) is 41.5. The molecule has 2 aliphatic rings. The Balaban J connectivity index is 1.63. The zero-order valence-corrected chi connectivity index (χ0v) is 30.9. The van der Waals surface area contributed by atoms with Crippen molar-refractivity contribution >= 4 is 56.2 Å². The average molecular weight is 781 g/mol. The van der Waals surface area contributed by atoms with Crippen molar-refractivity contribution in [2.45, 2.75) is 13.3 Å². The third-order valence-electron chi connectivity index (χ3n) is 9.77. The minimum Gasteiger partial charge on any atom is -0.406 e. The van der Waals surface area contributed by atoms with Gasteiger partial charge in [-0.2, -0.15) is 21.0 Å². The fourth-order valence-corrected chi connectivity index (χ4v) is 7.34. The third-order valence-corrected chi connectivity index (χ3v) is 9.77. The summed E-state index contributed by atoms with van der Waals surface area (Å²) in [6.45, 7) is 34.2. The molecule has 0 saturated heterocycles. The minimum atomic E-state index is -4.98. The van der Waals surface area contributed by atoms with E-state index in [0.29, 0.717) is 22.3 Å². The lowest BCUT2D eigenvalue weighted by atomic mass is 9.87. The maximum atomic E-state index is 13.2. The molecule has 0 fully saturated rings. The van der Waals surface area contributed by atoms with E-state index in [0.717, 1.165) is 17.7 Å². The van der Waals surface area contributed by atoms with Crippen molar-refractivity contribution in [1.29, 1.82) is 21.0 Å². The van der Waals surface area contributed by atoms with E-state index in [1.165, 1.54) is 48.5 Å². The lowest BCUT2D eigenvalue weighted by Gasteiger charge is -2.15. The summed E-state index contributed by atoms with van der Waals surface area (Å²) in [5.74, 6) is -0.534. The van der Waals surface area contributed by atoms with Gasteiger partial charge in [-0.05, 0) is 99.5 Å². The number of nitrogens with zero attached hydrogens (tertiary/aromatic N) is 8. The van der Waals surface area contributed by atoms with E-state index in [1.54, 1.807) is 24.3 Å². The minimum absolute atomic E-state index is 0.000473. The smallest absolute Gasteiger partial charge is 0.406 e. The van der Waals surface area contributed by atoms with Crippen molar-refractivity contribution in [3.05, 3.63) is 204 Å². The van der Waals surface area contributed by atoms with Crippen LogP contribution >= 0.6 is 0 Å². The molecular formula is C48H19F3N8O. The summed E-state index contributed by atoms with van der Waals surface area (Å²) >= 11 is 0. The molecule has 12 heteroatoms. The molecule has 9 nitrogen and oxygen atoms in total. The Morgan fingerprint density at radius 1 is 0.600 bits per heavy atom. The predicted molar refractivity (Wildman–Crippen MR) is 217 cm³/mol. The maximum Gasteiger partial charge on any atom is 0.573 e. The Morgan fingerprint density at radius 3 is 1.68 bits per heavy atom. The molecule has 0 heterocycles. The highest BCUT2D eigenvalue weighted by atomic mass is 19.4. The Hall–Kier alpha value is -9.43. The fraction of sp³-hybridized carbons (Fsp3) is 0.0417. The lowest BCUT2D eigenvalue weighted by Crippen LogP contribution is -2.17. The number of hydrogen-bond acceptors (Lipinski definition) is 5. The van der Waals surface area contributed by atoms with Crippen LogP contribution in [0.15, 0.2) is 97.1 Å². The van der Waals surface area contributed by atoms with Crippen LogP contribution in [0.3, 0.4) is 0 Å². The van der Waals surface area contributed by atoms with Crippen LogP contribution in [0.2, 0.25) is 0 Å². The molecule has 278 valence electrons. The maximum absolute atomic E-state index is 13.2. The van der Waals surface area contributed by atoms with Gasteiger partial charge in [-0.15, -0.1) is 13.2 Å². The van der Waals surface area contributed by atoms with Crippen LogP contribution in [0, 0.1) is 78.5 Å². The summed E-state index contributed by atoms with van der Waals surface area (Å²) in [7, 11) is 0. The highest BCUT2D eigenvalue weighted by Crippen LogP contribution is 2.56. The first kappa shape index (κ1) is 38.8. The topological polar surface area (TPSA) is 122 Å². The molecule has 0 unspecified atom stereocenters. The monoisotopic (exact) mass is 780 g/mol. The third kappa shape index (κ3) is 6.75. The lowest BCUT2D eigenvalue weighted by molar-refractivity contribution is -0.274.